The Morgan fingerprint density at radius 3 is 2.71 bits per heavy atom. The van der Waals surface area contributed by atoms with Gasteiger partial charge >= 0.3 is 5.97 Å². The topological polar surface area (TPSA) is 94.8 Å². The van der Waals surface area contributed by atoms with Gasteiger partial charge in [-0.2, -0.15) is 20.1 Å². The zero-order valence-corrected chi connectivity index (χ0v) is 12.6. The fourth-order valence-corrected chi connectivity index (χ4v) is 1.81. The summed E-state index contributed by atoms with van der Waals surface area (Å²) in [5.74, 6) is 0.0304. The average molecular weight is 311 g/mol. The summed E-state index contributed by atoms with van der Waals surface area (Å²) in [7, 11) is 1.33. The van der Waals surface area contributed by atoms with Gasteiger partial charge in [0.2, 0.25) is 11.2 Å². The van der Waals surface area contributed by atoms with Crippen molar-refractivity contribution in [1.29, 1.82) is 0 Å². The number of hydrogen-bond donors (Lipinski definition) is 1. The van der Waals surface area contributed by atoms with Gasteiger partial charge in [-0.25, -0.2) is 9.48 Å². The predicted molar refractivity (Wildman–Crippen MR) is 76.2 cm³/mol. The van der Waals surface area contributed by atoms with Crippen LogP contribution in [0.15, 0.2) is 18.5 Å². The second-order valence-corrected chi connectivity index (χ2v) is 4.91. The molecule has 0 spiro atoms. The van der Waals surface area contributed by atoms with Gasteiger partial charge in [0.1, 0.15) is 6.04 Å². The second kappa shape index (κ2) is 6.49. The van der Waals surface area contributed by atoms with Gasteiger partial charge in [-0.05, 0) is 23.6 Å². The Morgan fingerprint density at radius 1 is 1.38 bits per heavy atom. The number of hydrogen-bond acceptors (Lipinski definition) is 7. The molecule has 8 nitrogen and oxygen atoms in total. The van der Waals surface area contributed by atoms with E-state index >= 15 is 0 Å². The van der Waals surface area contributed by atoms with Crippen molar-refractivity contribution in [3.05, 3.63) is 23.7 Å². The van der Waals surface area contributed by atoms with Crippen LogP contribution in [-0.4, -0.2) is 43.9 Å². The summed E-state index contributed by atoms with van der Waals surface area (Å²) >= 11 is 5.88. The molecule has 0 saturated carbocycles. The van der Waals surface area contributed by atoms with Crippen molar-refractivity contribution in [2.45, 2.75) is 19.9 Å². The summed E-state index contributed by atoms with van der Waals surface area (Å²) in [4.78, 5) is 23.9. The lowest BCUT2D eigenvalue weighted by atomic mass is 10.1. The molecule has 2 aromatic rings. The number of halogens is 1. The summed E-state index contributed by atoms with van der Waals surface area (Å²) in [5.41, 5.74) is 0. The molecule has 21 heavy (non-hydrogen) atoms. The van der Waals surface area contributed by atoms with E-state index in [1.54, 1.807) is 18.5 Å². The minimum absolute atomic E-state index is 0.00497. The Hall–Kier alpha value is -2.22. The predicted octanol–water partition coefficient (Wildman–Crippen LogP) is 1.32. The third-order valence-electron chi connectivity index (χ3n) is 2.71. The molecule has 0 aromatic carbocycles. The molecule has 0 radical (unpaired) electrons. The normalized spacial score (nSPS) is 12.2. The van der Waals surface area contributed by atoms with Crippen molar-refractivity contribution in [1.82, 2.24) is 24.7 Å². The maximum atomic E-state index is 11.7. The van der Waals surface area contributed by atoms with Crippen LogP contribution in [0.4, 0.5) is 5.95 Å². The maximum absolute atomic E-state index is 11.7. The van der Waals surface area contributed by atoms with E-state index in [1.807, 2.05) is 13.8 Å². The highest BCUT2D eigenvalue weighted by atomic mass is 35.5. The minimum Gasteiger partial charge on any atom is -0.467 e. The minimum atomic E-state index is -0.584. The zero-order valence-electron chi connectivity index (χ0n) is 11.8. The number of methoxy groups -OCH3 is 1. The van der Waals surface area contributed by atoms with Crippen LogP contribution in [0, 0.1) is 5.92 Å². The van der Waals surface area contributed by atoms with Crippen molar-refractivity contribution in [2.24, 2.45) is 5.92 Å². The van der Waals surface area contributed by atoms with E-state index in [2.05, 4.69) is 25.4 Å². The third-order valence-corrected chi connectivity index (χ3v) is 2.88. The molecule has 1 unspecified atom stereocenters. The van der Waals surface area contributed by atoms with Crippen LogP contribution in [0.1, 0.15) is 13.8 Å². The number of carbonyl (C=O) groups is 1. The molecule has 0 saturated heterocycles. The van der Waals surface area contributed by atoms with E-state index in [1.165, 1.54) is 11.8 Å². The summed E-state index contributed by atoms with van der Waals surface area (Å²) in [6.07, 6.45) is 3.27. The van der Waals surface area contributed by atoms with Gasteiger partial charge in [0.05, 0.1) is 7.11 Å². The van der Waals surface area contributed by atoms with E-state index in [0.717, 1.165) is 0 Å². The number of anilines is 1. The van der Waals surface area contributed by atoms with Gasteiger partial charge in [0.25, 0.3) is 5.95 Å². The molecule has 1 atom stereocenters. The molecule has 0 fully saturated rings. The van der Waals surface area contributed by atoms with Gasteiger partial charge in [0, 0.05) is 12.4 Å². The van der Waals surface area contributed by atoms with Crippen molar-refractivity contribution in [3.8, 4) is 5.95 Å². The number of nitrogens with one attached hydrogen (secondary N) is 1. The highest BCUT2D eigenvalue weighted by Crippen LogP contribution is 2.13. The SMILES string of the molecule is COC(=O)C(Nc1nc(Cl)nc(-n2cccn2)n1)C(C)C. The van der Waals surface area contributed by atoms with E-state index in [-0.39, 0.29) is 23.1 Å². The van der Waals surface area contributed by atoms with E-state index < -0.39 is 12.0 Å². The smallest absolute Gasteiger partial charge is 0.328 e. The quantitative estimate of drug-likeness (QED) is 0.832. The van der Waals surface area contributed by atoms with E-state index in [0.29, 0.717) is 0 Å². The molecule has 0 amide bonds. The van der Waals surface area contributed by atoms with Gasteiger partial charge in [-0.15, -0.1) is 0 Å². The monoisotopic (exact) mass is 310 g/mol. The number of rotatable bonds is 5. The first-order valence-corrected chi connectivity index (χ1v) is 6.65. The van der Waals surface area contributed by atoms with Crippen molar-refractivity contribution < 1.29 is 9.53 Å². The number of ether oxygens (including phenoxy) is 1. The lowest BCUT2D eigenvalue weighted by Crippen LogP contribution is -2.36. The van der Waals surface area contributed by atoms with E-state index in [4.69, 9.17) is 16.3 Å². The number of esters is 1. The molecule has 9 heteroatoms. The summed E-state index contributed by atoms with van der Waals surface area (Å²) in [6.45, 7) is 3.76. The molecule has 1 N–H and O–H groups in total. The van der Waals surface area contributed by atoms with E-state index in [9.17, 15) is 4.79 Å². The lowest BCUT2D eigenvalue weighted by molar-refractivity contribution is -0.142. The molecule has 0 aliphatic heterocycles. The molecule has 0 bridgehead atoms. The van der Waals surface area contributed by atoms with Crippen LogP contribution < -0.4 is 5.32 Å². The molecule has 112 valence electrons. The van der Waals surface area contributed by atoms with Crippen molar-refractivity contribution in [3.63, 3.8) is 0 Å². The molecule has 0 aliphatic carbocycles. The first kappa shape index (κ1) is 15.2. The Bertz CT molecular complexity index is 616. The maximum Gasteiger partial charge on any atom is 0.328 e. The molecular weight excluding hydrogens is 296 g/mol. The number of carbonyl (C=O) groups excluding carboxylic acids is 1. The fourth-order valence-electron chi connectivity index (χ4n) is 1.66. The fraction of sp³-hybridized carbons (Fsp3) is 0.417. The number of aromatic nitrogens is 5. The van der Waals surface area contributed by atoms with Crippen LogP contribution in [0.5, 0.6) is 0 Å². The van der Waals surface area contributed by atoms with Crippen LogP contribution in [0.25, 0.3) is 5.95 Å². The molecule has 2 heterocycles. The highest BCUT2D eigenvalue weighted by Gasteiger charge is 2.24. The van der Waals surface area contributed by atoms with Crippen LogP contribution >= 0.6 is 11.6 Å². The Kier molecular flexibility index (Phi) is 4.69. The molecular formula is C12H15ClN6O2. The standard InChI is InChI=1S/C12H15ClN6O2/c1-7(2)8(9(20)21-3)15-11-16-10(13)17-12(18-11)19-6-4-5-14-19/h4-8H,1-3H3,(H,15,16,17,18). The van der Waals surface area contributed by atoms with Crippen molar-refractivity contribution in [2.75, 3.05) is 12.4 Å². The Morgan fingerprint density at radius 2 is 2.14 bits per heavy atom. The molecule has 0 aliphatic rings. The Balaban J connectivity index is 2.29. The first-order chi connectivity index (χ1) is 10.0. The Labute approximate surface area is 126 Å². The molecule has 2 aromatic heterocycles. The largest absolute Gasteiger partial charge is 0.467 e. The summed E-state index contributed by atoms with van der Waals surface area (Å²) < 4.78 is 6.20. The van der Waals surface area contributed by atoms with Crippen LogP contribution in [0.3, 0.4) is 0 Å². The number of nitrogens with zero attached hydrogens (tertiary/aromatic N) is 5. The second-order valence-electron chi connectivity index (χ2n) is 4.57. The summed E-state index contributed by atoms with van der Waals surface area (Å²) in [5, 5.41) is 6.94. The van der Waals surface area contributed by atoms with Crippen LogP contribution in [-0.2, 0) is 9.53 Å². The van der Waals surface area contributed by atoms with Gasteiger partial charge < -0.3 is 10.1 Å². The lowest BCUT2D eigenvalue weighted by Gasteiger charge is -2.19. The first-order valence-electron chi connectivity index (χ1n) is 6.27. The van der Waals surface area contributed by atoms with Crippen molar-refractivity contribution >= 4 is 23.5 Å². The summed E-state index contributed by atoms with van der Waals surface area (Å²) in [6, 6.07) is 1.15. The molecule has 2 rings (SSSR count). The van der Waals surface area contributed by atoms with Crippen LogP contribution in [0.2, 0.25) is 5.28 Å². The van der Waals surface area contributed by atoms with Gasteiger partial charge in [-0.3, -0.25) is 0 Å². The average Bonchev–Trinajstić information content (AvgIpc) is 2.97. The highest BCUT2D eigenvalue weighted by molar-refractivity contribution is 6.28. The van der Waals surface area contributed by atoms with Gasteiger partial charge in [0.15, 0.2) is 0 Å². The van der Waals surface area contributed by atoms with Gasteiger partial charge in [-0.1, -0.05) is 13.8 Å². The third kappa shape index (κ3) is 3.66. The zero-order chi connectivity index (χ0) is 15.4.